The van der Waals surface area contributed by atoms with Crippen molar-refractivity contribution in [2.75, 3.05) is 18.8 Å². The molecule has 0 radical (unpaired) electrons. The van der Waals surface area contributed by atoms with Gasteiger partial charge in [0.15, 0.2) is 0 Å². The van der Waals surface area contributed by atoms with Crippen LogP contribution in [0.1, 0.15) is 57.8 Å². The molecule has 0 aromatic heterocycles. The van der Waals surface area contributed by atoms with Crippen molar-refractivity contribution in [1.29, 1.82) is 0 Å². The van der Waals surface area contributed by atoms with E-state index in [1.54, 1.807) is 0 Å². The van der Waals surface area contributed by atoms with E-state index < -0.39 is 5.54 Å². The van der Waals surface area contributed by atoms with Crippen molar-refractivity contribution in [2.45, 2.75) is 68.1 Å². The monoisotopic (exact) mass is 282 g/mol. The molecular formula is C15H26N2OS. The summed E-state index contributed by atoms with van der Waals surface area (Å²) in [5, 5.41) is 0. The molecule has 1 amide bonds. The summed E-state index contributed by atoms with van der Waals surface area (Å²) in [5.74, 6) is 1.34. The van der Waals surface area contributed by atoms with E-state index in [0.717, 1.165) is 44.5 Å². The van der Waals surface area contributed by atoms with Gasteiger partial charge in [0.05, 0.1) is 5.54 Å². The molecular weight excluding hydrogens is 256 g/mol. The molecule has 0 aromatic carbocycles. The van der Waals surface area contributed by atoms with Crippen molar-refractivity contribution >= 4 is 17.7 Å². The molecule has 3 nitrogen and oxygen atoms in total. The lowest BCUT2D eigenvalue weighted by atomic mass is 9.87. The van der Waals surface area contributed by atoms with Gasteiger partial charge in [-0.3, -0.25) is 4.79 Å². The second kappa shape index (κ2) is 5.28. The van der Waals surface area contributed by atoms with E-state index >= 15 is 0 Å². The Labute approximate surface area is 120 Å². The Morgan fingerprint density at radius 2 is 1.63 bits per heavy atom. The number of thioether (sulfide) groups is 1. The molecule has 0 bridgehead atoms. The zero-order valence-electron chi connectivity index (χ0n) is 11.8. The summed E-state index contributed by atoms with van der Waals surface area (Å²) < 4.78 is 0.362. The molecule has 0 atom stereocenters. The number of carbonyl (C=O) groups excluding carboxylic acids is 1. The van der Waals surface area contributed by atoms with Crippen molar-refractivity contribution in [1.82, 2.24) is 4.90 Å². The summed E-state index contributed by atoms with van der Waals surface area (Å²) in [5.41, 5.74) is 5.82. The SMILES string of the molecule is NC1(C(=O)N2CCSC3(CCCCC3)C2)CCCC1. The summed E-state index contributed by atoms with van der Waals surface area (Å²) in [4.78, 5) is 14.8. The van der Waals surface area contributed by atoms with E-state index in [0.29, 0.717) is 4.75 Å². The summed E-state index contributed by atoms with van der Waals surface area (Å²) in [6, 6.07) is 0. The number of hydrogen-bond acceptors (Lipinski definition) is 3. The third kappa shape index (κ3) is 2.66. The van der Waals surface area contributed by atoms with E-state index in [1.807, 2.05) is 0 Å². The highest BCUT2D eigenvalue weighted by Crippen LogP contribution is 2.43. The van der Waals surface area contributed by atoms with Gasteiger partial charge in [0.25, 0.3) is 0 Å². The van der Waals surface area contributed by atoms with Crippen LogP contribution in [0.4, 0.5) is 0 Å². The first kappa shape index (κ1) is 13.7. The molecule has 3 rings (SSSR count). The molecule has 1 saturated heterocycles. The van der Waals surface area contributed by atoms with Crippen molar-refractivity contribution in [3.63, 3.8) is 0 Å². The van der Waals surface area contributed by atoms with Gasteiger partial charge in [-0.2, -0.15) is 11.8 Å². The van der Waals surface area contributed by atoms with E-state index in [2.05, 4.69) is 16.7 Å². The number of carbonyl (C=O) groups is 1. The highest BCUT2D eigenvalue weighted by Gasteiger charge is 2.44. The van der Waals surface area contributed by atoms with Gasteiger partial charge < -0.3 is 10.6 Å². The molecule has 0 unspecified atom stereocenters. The Hall–Kier alpha value is -0.220. The van der Waals surface area contributed by atoms with Gasteiger partial charge in [-0.25, -0.2) is 0 Å². The molecule has 2 aliphatic carbocycles. The Kier molecular flexibility index (Phi) is 3.82. The fourth-order valence-electron chi connectivity index (χ4n) is 4.05. The minimum atomic E-state index is -0.530. The maximum atomic E-state index is 12.7. The van der Waals surface area contributed by atoms with Gasteiger partial charge in [-0.1, -0.05) is 32.1 Å². The molecule has 1 spiro atoms. The molecule has 1 aliphatic heterocycles. The summed E-state index contributed by atoms with van der Waals surface area (Å²) >= 11 is 2.11. The predicted octanol–water partition coefficient (Wildman–Crippen LogP) is 2.54. The van der Waals surface area contributed by atoms with Crippen molar-refractivity contribution in [3.05, 3.63) is 0 Å². The van der Waals surface area contributed by atoms with Crippen LogP contribution in [-0.2, 0) is 4.79 Å². The molecule has 1 heterocycles. The smallest absolute Gasteiger partial charge is 0.242 e. The fraction of sp³-hybridized carbons (Fsp3) is 0.933. The topological polar surface area (TPSA) is 46.3 Å². The van der Waals surface area contributed by atoms with Crippen molar-refractivity contribution in [2.24, 2.45) is 5.73 Å². The standard InChI is InChI=1S/C15H26N2OS/c16-15(8-4-5-9-15)13(18)17-10-11-19-14(12-17)6-2-1-3-7-14/h1-12,16H2. The van der Waals surface area contributed by atoms with Crippen LogP contribution in [0.5, 0.6) is 0 Å². The van der Waals surface area contributed by atoms with E-state index in [4.69, 9.17) is 5.73 Å². The maximum absolute atomic E-state index is 12.7. The minimum Gasteiger partial charge on any atom is -0.339 e. The molecule has 2 N–H and O–H groups in total. The van der Waals surface area contributed by atoms with E-state index in [-0.39, 0.29) is 5.91 Å². The van der Waals surface area contributed by atoms with Gasteiger partial charge in [-0.15, -0.1) is 0 Å². The lowest BCUT2D eigenvalue weighted by Gasteiger charge is -2.46. The predicted molar refractivity (Wildman–Crippen MR) is 80.2 cm³/mol. The van der Waals surface area contributed by atoms with Crippen LogP contribution >= 0.6 is 11.8 Å². The molecule has 2 saturated carbocycles. The third-order valence-electron chi connectivity index (χ3n) is 5.22. The molecule has 3 aliphatic rings. The van der Waals surface area contributed by atoms with Gasteiger partial charge in [-0.05, 0) is 25.7 Å². The van der Waals surface area contributed by atoms with Gasteiger partial charge in [0, 0.05) is 23.6 Å². The Morgan fingerprint density at radius 3 is 2.32 bits per heavy atom. The number of nitrogens with two attached hydrogens (primary N) is 1. The van der Waals surface area contributed by atoms with Gasteiger partial charge >= 0.3 is 0 Å². The lowest BCUT2D eigenvalue weighted by molar-refractivity contribution is -0.137. The third-order valence-corrected chi connectivity index (χ3v) is 6.76. The van der Waals surface area contributed by atoms with Crippen molar-refractivity contribution < 1.29 is 4.79 Å². The van der Waals surface area contributed by atoms with Gasteiger partial charge in [0.1, 0.15) is 0 Å². The first-order chi connectivity index (χ1) is 9.14. The number of amides is 1. The highest BCUT2D eigenvalue weighted by molar-refractivity contribution is 8.00. The van der Waals surface area contributed by atoms with Crippen LogP contribution in [0.2, 0.25) is 0 Å². The van der Waals surface area contributed by atoms with Crippen LogP contribution in [0, 0.1) is 0 Å². The first-order valence-corrected chi connectivity index (χ1v) is 8.85. The van der Waals surface area contributed by atoms with Gasteiger partial charge in [0.2, 0.25) is 5.91 Å². The Bertz CT molecular complexity index is 341. The molecule has 108 valence electrons. The zero-order valence-corrected chi connectivity index (χ0v) is 12.6. The largest absolute Gasteiger partial charge is 0.339 e. The van der Waals surface area contributed by atoms with Crippen LogP contribution in [-0.4, -0.2) is 39.9 Å². The van der Waals surface area contributed by atoms with E-state index in [9.17, 15) is 4.79 Å². The number of hydrogen-bond donors (Lipinski definition) is 1. The first-order valence-electron chi connectivity index (χ1n) is 7.86. The van der Waals surface area contributed by atoms with Crippen LogP contribution in [0.15, 0.2) is 0 Å². The average Bonchev–Trinajstić information content (AvgIpc) is 2.87. The zero-order chi connectivity index (χ0) is 13.3. The molecule has 3 fully saturated rings. The second-order valence-corrected chi connectivity index (χ2v) is 8.25. The summed E-state index contributed by atoms with van der Waals surface area (Å²) in [7, 11) is 0. The Balaban J connectivity index is 1.69. The lowest BCUT2D eigenvalue weighted by Crippen LogP contribution is -2.59. The normalized spacial score (nSPS) is 29.6. The van der Waals surface area contributed by atoms with Crippen LogP contribution in [0.3, 0.4) is 0 Å². The van der Waals surface area contributed by atoms with Crippen LogP contribution in [0.25, 0.3) is 0 Å². The maximum Gasteiger partial charge on any atom is 0.242 e. The van der Waals surface area contributed by atoms with E-state index in [1.165, 1.54) is 32.1 Å². The second-order valence-electron chi connectivity index (χ2n) is 6.68. The molecule has 4 heteroatoms. The summed E-state index contributed by atoms with van der Waals surface area (Å²) in [6.07, 6.45) is 10.7. The molecule has 19 heavy (non-hydrogen) atoms. The quantitative estimate of drug-likeness (QED) is 0.804. The Morgan fingerprint density at radius 1 is 1.00 bits per heavy atom. The number of nitrogens with zero attached hydrogens (tertiary/aromatic N) is 1. The fourth-order valence-corrected chi connectivity index (χ4v) is 5.62. The molecule has 0 aromatic rings. The van der Waals surface area contributed by atoms with Crippen molar-refractivity contribution in [3.8, 4) is 0 Å². The minimum absolute atomic E-state index is 0.246. The van der Waals surface area contributed by atoms with Crippen LogP contribution < -0.4 is 5.73 Å². The average molecular weight is 282 g/mol. The highest BCUT2D eigenvalue weighted by atomic mass is 32.2. The summed E-state index contributed by atoms with van der Waals surface area (Å²) in [6.45, 7) is 1.86. The number of rotatable bonds is 1.